The van der Waals surface area contributed by atoms with E-state index in [4.69, 9.17) is 19.4 Å². The number of hydrogen-bond donors (Lipinski definition) is 0. The van der Waals surface area contributed by atoms with Gasteiger partial charge in [0.2, 0.25) is 0 Å². The van der Waals surface area contributed by atoms with E-state index in [9.17, 15) is 0 Å². The van der Waals surface area contributed by atoms with Gasteiger partial charge in [-0.05, 0) is 11.1 Å². The van der Waals surface area contributed by atoms with Crippen LogP contribution in [0.4, 0.5) is 0 Å². The molecule has 0 fully saturated rings. The van der Waals surface area contributed by atoms with Gasteiger partial charge in [0.15, 0.2) is 17.5 Å². The maximum Gasteiger partial charge on any atom is 0.162 e. The fourth-order valence-corrected chi connectivity index (χ4v) is 14.6. The third-order valence-corrected chi connectivity index (χ3v) is 21.0. The van der Waals surface area contributed by atoms with Crippen molar-refractivity contribution in [3.05, 3.63) is 0 Å². The Morgan fingerprint density at radius 2 is 0.474 bits per heavy atom. The first kappa shape index (κ1) is 52.9. The molecule has 0 N–H and O–H groups in total. The normalized spacial score (nSPS) is 12.0. The minimum Gasteiger partial charge on any atom is -0.456 e. The van der Waals surface area contributed by atoms with E-state index in [2.05, 4.69) is 208 Å². The van der Waals surface area contributed by atoms with Crippen LogP contribution in [0, 0.1) is 0 Å². The molecular weight excluding hydrogens is 894 g/mol. The number of fused-ring (bicyclic) bond motifs is 10. The highest BCUT2D eigenvalue weighted by Gasteiger charge is 2.33. The molecule has 0 radical (unpaired) electrons. The molecule has 7 aromatic carbocycles. The van der Waals surface area contributed by atoms with E-state index in [1.807, 2.05) is 0 Å². The molecular formula is C45H52B26N4O. The van der Waals surface area contributed by atoms with E-state index in [1.165, 1.54) is 202 Å². The smallest absolute Gasteiger partial charge is 0.162 e. The molecule has 5 nitrogen and oxygen atoms in total. The van der Waals surface area contributed by atoms with Crippen molar-refractivity contribution < 1.29 is 4.42 Å². The van der Waals surface area contributed by atoms with Gasteiger partial charge in [-0.1, -0.05) is 92.9 Å². The Balaban J connectivity index is 1.31. The summed E-state index contributed by atoms with van der Waals surface area (Å²) >= 11 is 0. The molecule has 0 aliphatic rings. The topological polar surface area (TPSA) is 56.2 Å². The summed E-state index contributed by atoms with van der Waals surface area (Å²) < 4.78 is 10.0. The number of benzene rings is 7. The first-order valence-electron chi connectivity index (χ1n) is 27.7. The van der Waals surface area contributed by atoms with Crippen LogP contribution in [0.25, 0.3) is 105 Å². The van der Waals surface area contributed by atoms with Gasteiger partial charge >= 0.3 is 0 Å². The average Bonchev–Trinajstić information content (AvgIpc) is 4.07. The highest BCUT2D eigenvalue weighted by Crippen LogP contribution is 2.42. The van der Waals surface area contributed by atoms with Crippen LogP contribution in [0.3, 0.4) is 0 Å². The molecule has 0 bridgehead atoms. The van der Waals surface area contributed by atoms with Gasteiger partial charge < -0.3 is 8.82 Å². The first-order valence-corrected chi connectivity index (χ1v) is 27.7. The van der Waals surface area contributed by atoms with Crippen molar-refractivity contribution in [1.82, 2.24) is 19.4 Å². The van der Waals surface area contributed by atoms with Crippen molar-refractivity contribution in [3.8, 4) is 45.3 Å². The Labute approximate surface area is 472 Å². The number of aromatic nitrogens is 4. The summed E-state index contributed by atoms with van der Waals surface area (Å²) in [5, 5.41) is 7.72. The highest BCUT2D eigenvalue weighted by molar-refractivity contribution is 6.74. The summed E-state index contributed by atoms with van der Waals surface area (Å²) in [5.41, 5.74) is 45.1. The van der Waals surface area contributed by atoms with Crippen LogP contribution in [0.15, 0.2) is 4.42 Å². The summed E-state index contributed by atoms with van der Waals surface area (Å²) in [6.07, 6.45) is 0. The molecule has 0 atom stereocenters. The molecule has 0 saturated carbocycles. The molecule has 76 heavy (non-hydrogen) atoms. The molecule has 0 amide bonds. The Morgan fingerprint density at radius 3 is 0.934 bits per heavy atom. The summed E-state index contributed by atoms with van der Waals surface area (Å²) in [4.78, 5) is 16.8. The third-order valence-electron chi connectivity index (χ3n) is 21.0. The minimum atomic E-state index is 0.724. The molecule has 31 heteroatoms. The molecule has 11 rings (SSSR count). The molecule has 336 valence electrons. The number of rotatable bonds is 4. The summed E-state index contributed by atoms with van der Waals surface area (Å²) in [6, 6.07) is 0. The van der Waals surface area contributed by atoms with Crippen LogP contribution in [0.1, 0.15) is 0 Å². The number of hydrogen-bond acceptors (Lipinski definition) is 4. The van der Waals surface area contributed by atoms with Gasteiger partial charge in [-0.3, -0.25) is 0 Å². The maximum absolute atomic E-state index is 7.35. The SMILES string of the molecule is Bc1c(B)c(B)c(-c2nc(-c3c(B)c(B)c(B)c(B)c3B)nc(-c3c(B)c(B)c(B)c(-c4c(B)c(B)c5c(c4B)c4c(B)c6c(oc7c(B)c(B)c(B)c(B)c76)c6c7c(B)c(B)c(B)c(B)c7n5c46)c3B)n2)c(B)c1B. The molecule has 4 heterocycles. The fraction of sp³-hybridized carbons (Fsp3) is 0. The van der Waals surface area contributed by atoms with E-state index in [-0.39, 0.29) is 0 Å². The lowest BCUT2D eigenvalue weighted by molar-refractivity contribution is 0.676. The Hall–Kier alpha value is -5.16. The van der Waals surface area contributed by atoms with Crippen LogP contribution >= 0.6 is 0 Å². The van der Waals surface area contributed by atoms with E-state index in [0.717, 1.165) is 45.3 Å². The quantitative estimate of drug-likeness (QED) is 0.165. The molecule has 4 aromatic heterocycles. The second-order valence-corrected chi connectivity index (χ2v) is 23.8. The Kier molecular flexibility index (Phi) is 12.3. The lowest BCUT2D eigenvalue weighted by atomic mass is 9.59. The van der Waals surface area contributed by atoms with Gasteiger partial charge in [0.05, 0.1) is 10.9 Å². The van der Waals surface area contributed by atoms with Gasteiger partial charge in [0.1, 0.15) is 215 Å². The van der Waals surface area contributed by atoms with E-state index < -0.39 is 0 Å². The van der Waals surface area contributed by atoms with E-state index in [1.54, 1.807) is 0 Å². The second kappa shape index (κ2) is 17.7. The first-order chi connectivity index (χ1) is 35.6. The largest absolute Gasteiger partial charge is 0.456 e. The summed E-state index contributed by atoms with van der Waals surface area (Å²) in [6.45, 7) is 0. The van der Waals surface area contributed by atoms with E-state index in [0.29, 0.717) is 0 Å². The second-order valence-electron chi connectivity index (χ2n) is 23.8. The van der Waals surface area contributed by atoms with E-state index >= 15 is 0 Å². The van der Waals surface area contributed by atoms with Crippen molar-refractivity contribution >= 4 is 406 Å². The van der Waals surface area contributed by atoms with Crippen molar-refractivity contribution in [2.75, 3.05) is 0 Å². The summed E-state index contributed by atoms with van der Waals surface area (Å²) in [7, 11) is 59.6. The lowest BCUT2D eigenvalue weighted by Crippen LogP contribution is -2.55. The number of furan rings is 1. The van der Waals surface area contributed by atoms with Crippen molar-refractivity contribution in [2.24, 2.45) is 0 Å². The minimum absolute atomic E-state index is 0.724. The van der Waals surface area contributed by atoms with Crippen LogP contribution < -0.4 is 142 Å². The zero-order valence-corrected chi connectivity index (χ0v) is 50.7. The van der Waals surface area contributed by atoms with Crippen LogP contribution in [-0.4, -0.2) is 223 Å². The predicted molar refractivity (Wildman–Crippen MR) is 416 cm³/mol. The zero-order valence-electron chi connectivity index (χ0n) is 50.7. The molecule has 0 aliphatic carbocycles. The fourth-order valence-electron chi connectivity index (χ4n) is 14.6. The van der Waals surface area contributed by atoms with Crippen molar-refractivity contribution in [1.29, 1.82) is 0 Å². The van der Waals surface area contributed by atoms with Gasteiger partial charge in [-0.2, -0.15) is 0 Å². The lowest BCUT2D eigenvalue weighted by Gasteiger charge is -2.26. The molecule has 0 saturated heterocycles. The third kappa shape index (κ3) is 6.62. The average molecular weight is 946 g/mol. The van der Waals surface area contributed by atoms with Gasteiger partial charge in [0, 0.05) is 54.7 Å². The van der Waals surface area contributed by atoms with Gasteiger partial charge in [-0.15, -0.1) is 49.2 Å². The molecule has 0 unspecified atom stereocenters. The molecule has 0 spiro atoms. The van der Waals surface area contributed by atoms with Crippen molar-refractivity contribution in [3.63, 3.8) is 0 Å². The van der Waals surface area contributed by atoms with Crippen LogP contribution in [0.2, 0.25) is 0 Å². The van der Waals surface area contributed by atoms with Crippen LogP contribution in [0.5, 0.6) is 0 Å². The number of nitrogens with zero attached hydrogens (tertiary/aromatic N) is 4. The predicted octanol–water partition coefficient (Wildman–Crippen LogP) is -33.7. The van der Waals surface area contributed by atoms with Crippen molar-refractivity contribution in [2.45, 2.75) is 0 Å². The van der Waals surface area contributed by atoms with Crippen LogP contribution in [-0.2, 0) is 0 Å². The monoisotopic (exact) mass is 951 g/mol. The maximum atomic E-state index is 7.35. The standard InChI is InChI=1S/C45H52B26N4O/c46-12-1(2-13(47)9(19(53)24(58)15(2)49)43-72-44(10-20(54)27(61)31(65)28(62)21(10)55)74-45(73-43)11-22(56)29(63)32(66)30(64)23(11)57)16(50)35(69)39-4(12)3-14(48)6-7-18(52)26(60)34(68)37(71)42(7)76-41(6)8-5-17(51)25(59)33(67)36(70)40(5)75(39)38(3)8/h46-71H2. The van der Waals surface area contributed by atoms with Gasteiger partial charge in [0.25, 0.3) is 0 Å². The Morgan fingerprint density at radius 1 is 0.197 bits per heavy atom. The summed E-state index contributed by atoms with van der Waals surface area (Å²) in [5.74, 6) is 2.19. The molecule has 0 aliphatic heterocycles. The highest BCUT2D eigenvalue weighted by atomic mass is 16.3. The molecule has 11 aromatic rings. The zero-order chi connectivity index (χ0) is 55.4. The van der Waals surface area contributed by atoms with Gasteiger partial charge in [-0.25, -0.2) is 15.0 Å². The Bertz CT molecular complexity index is 4460.